The Bertz CT molecular complexity index is 917. The summed E-state index contributed by atoms with van der Waals surface area (Å²) in [6.45, 7) is 10.3. The van der Waals surface area contributed by atoms with Crippen molar-refractivity contribution in [1.82, 2.24) is 0 Å². The summed E-state index contributed by atoms with van der Waals surface area (Å²) in [5.41, 5.74) is 2.63. The van der Waals surface area contributed by atoms with Gasteiger partial charge in [0.1, 0.15) is 5.60 Å². The summed E-state index contributed by atoms with van der Waals surface area (Å²) in [5.74, 6) is -1.09. The third-order valence-corrected chi connectivity index (χ3v) is 5.51. The minimum atomic E-state index is -0.563. The largest absolute Gasteiger partial charge is 0.466 e. The molecule has 2 aromatic carbocycles. The summed E-state index contributed by atoms with van der Waals surface area (Å²) in [5, 5.41) is 0.693. The van der Waals surface area contributed by atoms with Crippen LogP contribution in [0.4, 0.5) is 0 Å². The number of ether oxygens (including phenoxy) is 3. The Morgan fingerprint density at radius 3 is 2.26 bits per heavy atom. The number of halogens is 1. The summed E-state index contributed by atoms with van der Waals surface area (Å²) >= 11 is 6.13. The maximum absolute atomic E-state index is 12.6. The standard InChI is InChI=1S/C28H37ClO5/c1-6-32-19-24(27(31)33-7-2)16-21(17-26(30)34-28(3,4)5)15-20-11-13-22(14-12-20)23-9-8-10-25(29)18-23/h8-14,18,21,24H,6-7,15-17,19H2,1-5H3/t21-,24+/m1/s1. The maximum atomic E-state index is 12.6. The molecule has 0 saturated carbocycles. The van der Waals surface area contributed by atoms with Gasteiger partial charge in [-0.3, -0.25) is 9.59 Å². The van der Waals surface area contributed by atoms with Crippen molar-refractivity contribution >= 4 is 23.5 Å². The van der Waals surface area contributed by atoms with Crippen molar-refractivity contribution in [3.8, 4) is 11.1 Å². The molecular weight excluding hydrogens is 452 g/mol. The van der Waals surface area contributed by atoms with Gasteiger partial charge in [0.15, 0.2) is 0 Å². The minimum Gasteiger partial charge on any atom is -0.466 e. The first-order valence-electron chi connectivity index (χ1n) is 11.9. The number of hydrogen-bond acceptors (Lipinski definition) is 5. The van der Waals surface area contributed by atoms with E-state index in [4.69, 9.17) is 25.8 Å². The summed E-state index contributed by atoms with van der Waals surface area (Å²) < 4.78 is 16.4. The predicted octanol–water partition coefficient (Wildman–Crippen LogP) is 6.50. The zero-order chi connectivity index (χ0) is 25.1. The van der Waals surface area contributed by atoms with E-state index in [-0.39, 0.29) is 30.9 Å². The molecule has 2 rings (SSSR count). The van der Waals surface area contributed by atoms with Gasteiger partial charge in [0.25, 0.3) is 0 Å². The molecule has 34 heavy (non-hydrogen) atoms. The maximum Gasteiger partial charge on any atom is 0.311 e. The van der Waals surface area contributed by atoms with E-state index in [1.807, 2.05) is 52.0 Å². The fourth-order valence-corrected chi connectivity index (χ4v) is 4.04. The SMILES string of the molecule is CCOC[C@H](C[C@H](CC(=O)OC(C)(C)C)Cc1ccc(-c2cccc(Cl)c2)cc1)C(=O)OCC. The predicted molar refractivity (Wildman–Crippen MR) is 136 cm³/mol. The smallest absolute Gasteiger partial charge is 0.311 e. The van der Waals surface area contributed by atoms with Gasteiger partial charge in [0.05, 0.1) is 19.1 Å². The van der Waals surface area contributed by atoms with Gasteiger partial charge in [-0.2, -0.15) is 0 Å². The number of hydrogen-bond donors (Lipinski definition) is 0. The summed E-state index contributed by atoms with van der Waals surface area (Å²) in [6, 6.07) is 15.9. The summed E-state index contributed by atoms with van der Waals surface area (Å²) in [7, 11) is 0. The monoisotopic (exact) mass is 488 g/mol. The highest BCUT2D eigenvalue weighted by molar-refractivity contribution is 6.30. The van der Waals surface area contributed by atoms with Gasteiger partial charge in [-0.05, 0) is 82.2 Å². The topological polar surface area (TPSA) is 61.8 Å². The van der Waals surface area contributed by atoms with Crippen LogP contribution in [0, 0.1) is 11.8 Å². The van der Waals surface area contributed by atoms with Crippen molar-refractivity contribution in [2.75, 3.05) is 19.8 Å². The second-order valence-corrected chi connectivity index (χ2v) is 9.85. The van der Waals surface area contributed by atoms with Crippen LogP contribution in [0.2, 0.25) is 5.02 Å². The van der Waals surface area contributed by atoms with Crippen LogP contribution in [-0.4, -0.2) is 37.4 Å². The number of carbonyl (C=O) groups excluding carboxylic acids is 2. The molecule has 0 aliphatic heterocycles. The van der Waals surface area contributed by atoms with E-state index < -0.39 is 11.5 Å². The first-order valence-corrected chi connectivity index (χ1v) is 12.3. The molecule has 0 fully saturated rings. The molecule has 0 bridgehead atoms. The van der Waals surface area contributed by atoms with E-state index in [1.165, 1.54) is 0 Å². The molecule has 0 spiro atoms. The molecule has 0 aliphatic carbocycles. The molecule has 0 aromatic heterocycles. The van der Waals surface area contributed by atoms with E-state index in [9.17, 15) is 9.59 Å². The fourth-order valence-electron chi connectivity index (χ4n) is 3.85. The average molecular weight is 489 g/mol. The highest BCUT2D eigenvalue weighted by Crippen LogP contribution is 2.27. The molecule has 0 unspecified atom stereocenters. The molecule has 0 amide bonds. The fraction of sp³-hybridized carbons (Fsp3) is 0.500. The lowest BCUT2D eigenvalue weighted by molar-refractivity contribution is -0.157. The molecule has 186 valence electrons. The quantitative estimate of drug-likeness (QED) is 0.319. The second kappa shape index (κ2) is 13.5. The minimum absolute atomic E-state index is 0.0956. The molecule has 0 heterocycles. The molecule has 5 nitrogen and oxygen atoms in total. The van der Waals surface area contributed by atoms with Crippen molar-refractivity contribution in [3.05, 3.63) is 59.1 Å². The van der Waals surface area contributed by atoms with E-state index >= 15 is 0 Å². The van der Waals surface area contributed by atoms with Crippen LogP contribution in [0.3, 0.4) is 0 Å². The molecule has 2 atom stereocenters. The highest BCUT2D eigenvalue weighted by Gasteiger charge is 2.28. The van der Waals surface area contributed by atoms with Crippen molar-refractivity contribution in [1.29, 1.82) is 0 Å². The van der Waals surface area contributed by atoms with E-state index in [2.05, 4.69) is 24.3 Å². The summed E-state index contributed by atoms with van der Waals surface area (Å²) in [4.78, 5) is 25.2. The molecule has 0 N–H and O–H groups in total. The van der Waals surface area contributed by atoms with Gasteiger partial charge in [0, 0.05) is 18.1 Å². The van der Waals surface area contributed by atoms with Gasteiger partial charge in [-0.15, -0.1) is 0 Å². The normalized spacial score (nSPS) is 13.2. The van der Waals surface area contributed by atoms with E-state index in [0.29, 0.717) is 31.1 Å². The van der Waals surface area contributed by atoms with Crippen LogP contribution in [0.25, 0.3) is 11.1 Å². The average Bonchev–Trinajstić information content (AvgIpc) is 2.75. The molecule has 2 aromatic rings. The number of carbonyl (C=O) groups is 2. The first-order chi connectivity index (χ1) is 16.1. The third-order valence-electron chi connectivity index (χ3n) is 5.27. The third kappa shape index (κ3) is 9.86. The van der Waals surface area contributed by atoms with Crippen molar-refractivity contribution in [2.45, 2.75) is 59.5 Å². The van der Waals surface area contributed by atoms with Crippen LogP contribution in [-0.2, 0) is 30.2 Å². The van der Waals surface area contributed by atoms with Crippen LogP contribution in [0.15, 0.2) is 48.5 Å². The highest BCUT2D eigenvalue weighted by atomic mass is 35.5. The zero-order valence-electron chi connectivity index (χ0n) is 20.9. The van der Waals surface area contributed by atoms with E-state index in [0.717, 1.165) is 16.7 Å². The molecule has 0 aliphatic rings. The molecule has 0 radical (unpaired) electrons. The Kier molecular flexibility index (Phi) is 11.1. The van der Waals surface area contributed by atoms with Crippen LogP contribution in [0.5, 0.6) is 0 Å². The zero-order valence-corrected chi connectivity index (χ0v) is 21.7. The Balaban J connectivity index is 2.20. The van der Waals surface area contributed by atoms with Crippen molar-refractivity contribution in [3.63, 3.8) is 0 Å². The molecule has 6 heteroatoms. The van der Waals surface area contributed by atoms with Gasteiger partial charge >= 0.3 is 11.9 Å². The van der Waals surface area contributed by atoms with Crippen LogP contribution in [0.1, 0.15) is 53.0 Å². The number of benzene rings is 2. The lowest BCUT2D eigenvalue weighted by Crippen LogP contribution is -2.29. The Morgan fingerprint density at radius 2 is 1.68 bits per heavy atom. The van der Waals surface area contributed by atoms with Gasteiger partial charge in [-0.1, -0.05) is 48.0 Å². The lowest BCUT2D eigenvalue weighted by Gasteiger charge is -2.25. The first kappa shape index (κ1) is 27.9. The second-order valence-electron chi connectivity index (χ2n) is 9.41. The van der Waals surface area contributed by atoms with Crippen LogP contribution < -0.4 is 0 Å². The molecule has 0 saturated heterocycles. The van der Waals surface area contributed by atoms with Crippen molar-refractivity contribution in [2.24, 2.45) is 11.8 Å². The summed E-state index contributed by atoms with van der Waals surface area (Å²) in [6.07, 6.45) is 1.33. The Morgan fingerprint density at radius 1 is 0.971 bits per heavy atom. The Labute approximate surface area is 208 Å². The van der Waals surface area contributed by atoms with E-state index in [1.54, 1.807) is 6.92 Å². The lowest BCUT2D eigenvalue weighted by atomic mass is 9.87. The molecular formula is C28H37ClO5. The number of rotatable bonds is 12. The van der Waals surface area contributed by atoms with Gasteiger partial charge < -0.3 is 14.2 Å². The Hall–Kier alpha value is -2.37. The van der Waals surface area contributed by atoms with Gasteiger partial charge in [0.2, 0.25) is 0 Å². The van der Waals surface area contributed by atoms with Crippen molar-refractivity contribution < 1.29 is 23.8 Å². The number of esters is 2. The van der Waals surface area contributed by atoms with Crippen LogP contribution >= 0.6 is 11.6 Å². The van der Waals surface area contributed by atoms with Gasteiger partial charge in [-0.25, -0.2) is 0 Å².